The standard InChI is InChI=1S/C17H19N5OS2/c23-17(22-8-1-4-14(22)11-21-7-3-6-19-21)18-10-13-12-25-16(20-13)15-5-2-9-24-15/h2-3,5-7,9,12,14H,1,4,8,10-11H2,(H,18,23). The lowest BCUT2D eigenvalue weighted by Crippen LogP contribution is -2.44. The molecular formula is C17H19N5OS2. The van der Waals surface area contributed by atoms with Crippen LogP contribution in [0.15, 0.2) is 41.4 Å². The van der Waals surface area contributed by atoms with Crippen molar-refractivity contribution in [2.75, 3.05) is 6.54 Å². The van der Waals surface area contributed by atoms with Crippen LogP contribution in [-0.2, 0) is 13.1 Å². The fourth-order valence-corrected chi connectivity index (χ4v) is 4.72. The Hall–Kier alpha value is -2.19. The number of hydrogen-bond acceptors (Lipinski definition) is 5. The van der Waals surface area contributed by atoms with Crippen molar-refractivity contribution in [2.24, 2.45) is 0 Å². The molecule has 1 N–H and O–H groups in total. The summed E-state index contributed by atoms with van der Waals surface area (Å²) in [6.45, 7) is 2.01. The van der Waals surface area contributed by atoms with Gasteiger partial charge in [-0.2, -0.15) is 5.10 Å². The Balaban J connectivity index is 1.34. The van der Waals surface area contributed by atoms with Crippen molar-refractivity contribution in [3.8, 4) is 9.88 Å². The third-order valence-corrected chi connectivity index (χ3v) is 6.23. The van der Waals surface area contributed by atoms with Gasteiger partial charge < -0.3 is 10.2 Å². The first-order chi connectivity index (χ1) is 12.3. The number of rotatable bonds is 5. The second-order valence-corrected chi connectivity index (χ2v) is 7.80. The zero-order chi connectivity index (χ0) is 17.1. The highest BCUT2D eigenvalue weighted by Gasteiger charge is 2.29. The van der Waals surface area contributed by atoms with E-state index >= 15 is 0 Å². The normalized spacial score (nSPS) is 17.1. The van der Waals surface area contributed by atoms with Gasteiger partial charge in [-0.25, -0.2) is 9.78 Å². The van der Waals surface area contributed by atoms with Gasteiger partial charge in [0, 0.05) is 24.3 Å². The number of hydrogen-bond donors (Lipinski definition) is 1. The van der Waals surface area contributed by atoms with Gasteiger partial charge in [-0.3, -0.25) is 4.68 Å². The first-order valence-corrected chi connectivity index (χ1v) is 10.1. The van der Waals surface area contributed by atoms with Crippen LogP contribution >= 0.6 is 22.7 Å². The highest BCUT2D eigenvalue weighted by Crippen LogP contribution is 2.27. The molecule has 130 valence electrons. The Bertz CT molecular complexity index is 812. The predicted octanol–water partition coefficient (Wildman–Crippen LogP) is 3.44. The van der Waals surface area contributed by atoms with Gasteiger partial charge in [-0.05, 0) is 30.4 Å². The van der Waals surface area contributed by atoms with Crippen LogP contribution in [0.4, 0.5) is 4.79 Å². The third-order valence-electron chi connectivity index (χ3n) is 4.30. The number of carbonyl (C=O) groups is 1. The summed E-state index contributed by atoms with van der Waals surface area (Å²) in [7, 11) is 0. The molecule has 1 aliphatic rings. The van der Waals surface area contributed by atoms with Crippen LogP contribution in [0.2, 0.25) is 0 Å². The molecule has 0 bridgehead atoms. The lowest BCUT2D eigenvalue weighted by Gasteiger charge is -2.24. The predicted molar refractivity (Wildman–Crippen MR) is 99.6 cm³/mol. The number of aromatic nitrogens is 3. The quantitative estimate of drug-likeness (QED) is 0.745. The summed E-state index contributed by atoms with van der Waals surface area (Å²) in [5.41, 5.74) is 0.907. The van der Waals surface area contributed by atoms with E-state index in [0.717, 1.165) is 36.6 Å². The molecule has 1 unspecified atom stereocenters. The zero-order valence-electron chi connectivity index (χ0n) is 13.7. The van der Waals surface area contributed by atoms with Gasteiger partial charge in [0.1, 0.15) is 5.01 Å². The zero-order valence-corrected chi connectivity index (χ0v) is 15.3. The van der Waals surface area contributed by atoms with Crippen LogP contribution in [0.1, 0.15) is 18.5 Å². The van der Waals surface area contributed by atoms with Crippen molar-refractivity contribution in [1.29, 1.82) is 0 Å². The topological polar surface area (TPSA) is 63.1 Å². The minimum atomic E-state index is -0.0136. The molecule has 0 aliphatic carbocycles. The molecule has 4 heterocycles. The van der Waals surface area contributed by atoms with Crippen molar-refractivity contribution < 1.29 is 4.79 Å². The SMILES string of the molecule is O=C(NCc1csc(-c2cccs2)n1)N1CCCC1Cn1cccn1. The van der Waals surface area contributed by atoms with Crippen LogP contribution in [0.3, 0.4) is 0 Å². The smallest absolute Gasteiger partial charge is 0.318 e. The van der Waals surface area contributed by atoms with Gasteiger partial charge in [0.05, 0.1) is 29.7 Å². The first kappa shape index (κ1) is 16.3. The minimum absolute atomic E-state index is 0.0136. The molecule has 0 aromatic carbocycles. The lowest BCUT2D eigenvalue weighted by atomic mass is 10.2. The highest BCUT2D eigenvalue weighted by atomic mass is 32.1. The van der Waals surface area contributed by atoms with Gasteiger partial charge in [0.15, 0.2) is 0 Å². The maximum atomic E-state index is 12.6. The molecule has 1 atom stereocenters. The van der Waals surface area contributed by atoms with E-state index in [4.69, 9.17) is 0 Å². The number of likely N-dealkylation sites (tertiary alicyclic amines) is 1. The fraction of sp³-hybridized carbons (Fsp3) is 0.353. The lowest BCUT2D eigenvalue weighted by molar-refractivity contribution is 0.185. The summed E-state index contributed by atoms with van der Waals surface area (Å²) in [5.74, 6) is 0. The van der Waals surface area contributed by atoms with Crippen molar-refractivity contribution in [2.45, 2.75) is 32.0 Å². The van der Waals surface area contributed by atoms with Crippen molar-refractivity contribution >= 4 is 28.7 Å². The minimum Gasteiger partial charge on any atom is -0.332 e. The number of amides is 2. The Morgan fingerprint density at radius 2 is 2.32 bits per heavy atom. The molecule has 0 radical (unpaired) electrons. The van der Waals surface area contributed by atoms with Crippen LogP contribution in [0.25, 0.3) is 9.88 Å². The molecule has 1 aliphatic heterocycles. The Morgan fingerprint density at radius 3 is 3.12 bits per heavy atom. The average Bonchev–Trinajstić information content (AvgIpc) is 3.39. The average molecular weight is 374 g/mol. The van der Waals surface area contributed by atoms with E-state index in [-0.39, 0.29) is 12.1 Å². The number of carbonyl (C=O) groups excluding carboxylic acids is 1. The van der Waals surface area contributed by atoms with Crippen LogP contribution in [0, 0.1) is 0 Å². The van der Waals surface area contributed by atoms with Gasteiger partial charge in [0.2, 0.25) is 0 Å². The summed E-state index contributed by atoms with van der Waals surface area (Å²) >= 11 is 3.30. The van der Waals surface area contributed by atoms with E-state index in [1.54, 1.807) is 28.9 Å². The first-order valence-electron chi connectivity index (χ1n) is 8.30. The van der Waals surface area contributed by atoms with Crippen molar-refractivity contribution in [3.05, 3.63) is 47.0 Å². The molecular weight excluding hydrogens is 354 g/mol. The second-order valence-electron chi connectivity index (χ2n) is 6.00. The third kappa shape index (κ3) is 3.74. The Morgan fingerprint density at radius 1 is 1.36 bits per heavy atom. The summed E-state index contributed by atoms with van der Waals surface area (Å²) < 4.78 is 1.89. The molecule has 25 heavy (non-hydrogen) atoms. The van der Waals surface area contributed by atoms with E-state index in [1.165, 1.54) is 4.88 Å². The van der Waals surface area contributed by atoms with Gasteiger partial charge in [-0.15, -0.1) is 22.7 Å². The van der Waals surface area contributed by atoms with Gasteiger partial charge in [0.25, 0.3) is 0 Å². The monoisotopic (exact) mass is 373 g/mol. The number of thiophene rings is 1. The van der Waals surface area contributed by atoms with Crippen LogP contribution in [0.5, 0.6) is 0 Å². The number of urea groups is 1. The maximum absolute atomic E-state index is 12.6. The van der Waals surface area contributed by atoms with E-state index in [1.807, 2.05) is 38.7 Å². The number of nitrogens with one attached hydrogen (secondary N) is 1. The van der Waals surface area contributed by atoms with Gasteiger partial charge >= 0.3 is 6.03 Å². The molecule has 0 spiro atoms. The van der Waals surface area contributed by atoms with Crippen molar-refractivity contribution in [3.63, 3.8) is 0 Å². The molecule has 6 nitrogen and oxygen atoms in total. The summed E-state index contributed by atoms with van der Waals surface area (Å²) in [6, 6.07) is 6.19. The van der Waals surface area contributed by atoms with Gasteiger partial charge in [-0.1, -0.05) is 6.07 Å². The molecule has 2 amide bonds. The molecule has 3 aromatic rings. The summed E-state index contributed by atoms with van der Waals surface area (Å²) in [4.78, 5) is 20.3. The number of thiazole rings is 1. The maximum Gasteiger partial charge on any atom is 0.318 e. The van der Waals surface area contributed by atoms with Crippen molar-refractivity contribution in [1.82, 2.24) is 25.0 Å². The summed E-state index contributed by atoms with van der Waals surface area (Å²) in [5, 5.41) is 12.3. The molecule has 3 aromatic heterocycles. The largest absolute Gasteiger partial charge is 0.332 e. The van der Waals surface area contributed by atoms with Crippen LogP contribution < -0.4 is 5.32 Å². The second kappa shape index (κ2) is 7.37. The molecule has 0 saturated carbocycles. The van der Waals surface area contributed by atoms with E-state index in [9.17, 15) is 4.79 Å². The highest BCUT2D eigenvalue weighted by molar-refractivity contribution is 7.20. The van der Waals surface area contributed by atoms with E-state index in [2.05, 4.69) is 21.5 Å². The molecule has 8 heteroatoms. The Kier molecular flexibility index (Phi) is 4.80. The molecule has 1 saturated heterocycles. The fourth-order valence-electron chi connectivity index (χ4n) is 3.09. The van der Waals surface area contributed by atoms with E-state index < -0.39 is 0 Å². The molecule has 1 fully saturated rings. The Labute approximate surface area is 154 Å². The molecule has 4 rings (SSSR count). The number of nitrogens with zero attached hydrogens (tertiary/aromatic N) is 4. The van der Waals surface area contributed by atoms with E-state index in [0.29, 0.717) is 6.54 Å². The summed E-state index contributed by atoms with van der Waals surface area (Å²) in [6.07, 6.45) is 5.77. The van der Waals surface area contributed by atoms with Crippen LogP contribution in [-0.4, -0.2) is 38.3 Å².